The first-order valence-electron chi connectivity index (χ1n) is 5.13. The topological polar surface area (TPSA) is 29.5 Å². The standard InChI is InChI=1S/C12H17ClO2/c1-3-10-4-9(2)5-12(6-10)15-8-11(14)7-13/h4-6,11,14H,3,7-8H2,1-2H3. The first-order chi connectivity index (χ1) is 7.15. The number of aliphatic hydroxyl groups excluding tert-OH is 1. The molecule has 1 aromatic rings. The minimum atomic E-state index is -0.600. The first-order valence-corrected chi connectivity index (χ1v) is 5.66. The summed E-state index contributed by atoms with van der Waals surface area (Å²) in [4.78, 5) is 0. The molecule has 0 saturated heterocycles. The molecule has 0 spiro atoms. The number of rotatable bonds is 5. The van der Waals surface area contributed by atoms with Crippen LogP contribution in [0.1, 0.15) is 18.1 Å². The molecular weight excluding hydrogens is 212 g/mol. The van der Waals surface area contributed by atoms with Gasteiger partial charge < -0.3 is 9.84 Å². The van der Waals surface area contributed by atoms with Crippen LogP contribution in [0.25, 0.3) is 0 Å². The Morgan fingerprint density at radius 3 is 2.73 bits per heavy atom. The zero-order valence-electron chi connectivity index (χ0n) is 9.16. The third-order valence-electron chi connectivity index (χ3n) is 2.14. The Morgan fingerprint density at radius 1 is 1.40 bits per heavy atom. The number of aryl methyl sites for hydroxylation is 2. The Hall–Kier alpha value is -0.730. The summed E-state index contributed by atoms with van der Waals surface area (Å²) in [5.41, 5.74) is 2.41. The number of alkyl halides is 1. The minimum absolute atomic E-state index is 0.201. The lowest BCUT2D eigenvalue weighted by molar-refractivity contribution is 0.125. The van der Waals surface area contributed by atoms with Crippen molar-refractivity contribution in [2.75, 3.05) is 12.5 Å². The van der Waals surface area contributed by atoms with Crippen molar-refractivity contribution in [1.29, 1.82) is 0 Å². The number of halogens is 1. The maximum absolute atomic E-state index is 9.26. The zero-order valence-corrected chi connectivity index (χ0v) is 9.92. The minimum Gasteiger partial charge on any atom is -0.491 e. The van der Waals surface area contributed by atoms with Gasteiger partial charge in [-0.25, -0.2) is 0 Å². The second kappa shape index (κ2) is 5.99. The number of hydrogen-bond acceptors (Lipinski definition) is 2. The Morgan fingerprint density at radius 2 is 2.13 bits per heavy atom. The number of aliphatic hydroxyl groups is 1. The zero-order chi connectivity index (χ0) is 11.3. The molecule has 1 rings (SSSR count). The molecule has 0 aliphatic rings. The van der Waals surface area contributed by atoms with Gasteiger partial charge in [-0.3, -0.25) is 0 Å². The van der Waals surface area contributed by atoms with Crippen LogP contribution in [0.4, 0.5) is 0 Å². The van der Waals surface area contributed by atoms with Gasteiger partial charge in [0, 0.05) is 0 Å². The van der Waals surface area contributed by atoms with E-state index in [1.807, 2.05) is 19.1 Å². The molecule has 0 aliphatic carbocycles. The van der Waals surface area contributed by atoms with Crippen LogP contribution in [0, 0.1) is 6.92 Å². The van der Waals surface area contributed by atoms with Crippen molar-refractivity contribution in [2.24, 2.45) is 0 Å². The van der Waals surface area contributed by atoms with E-state index in [4.69, 9.17) is 16.3 Å². The maximum Gasteiger partial charge on any atom is 0.119 e. The molecule has 0 fully saturated rings. The Kier molecular flexibility index (Phi) is 4.92. The van der Waals surface area contributed by atoms with Crippen molar-refractivity contribution in [1.82, 2.24) is 0 Å². The fraction of sp³-hybridized carbons (Fsp3) is 0.500. The van der Waals surface area contributed by atoms with Crippen molar-refractivity contribution in [3.63, 3.8) is 0 Å². The SMILES string of the molecule is CCc1cc(C)cc(OCC(O)CCl)c1. The highest BCUT2D eigenvalue weighted by Gasteiger charge is 2.04. The molecule has 0 aliphatic heterocycles. The molecule has 1 aromatic carbocycles. The van der Waals surface area contributed by atoms with Gasteiger partial charge in [-0.15, -0.1) is 11.6 Å². The van der Waals surface area contributed by atoms with Crippen LogP contribution in [0.5, 0.6) is 5.75 Å². The molecular formula is C12H17ClO2. The second-order valence-electron chi connectivity index (χ2n) is 3.63. The molecule has 84 valence electrons. The monoisotopic (exact) mass is 228 g/mol. The van der Waals surface area contributed by atoms with Gasteiger partial charge >= 0.3 is 0 Å². The average molecular weight is 229 g/mol. The van der Waals surface area contributed by atoms with E-state index < -0.39 is 6.10 Å². The lowest BCUT2D eigenvalue weighted by Crippen LogP contribution is -2.18. The van der Waals surface area contributed by atoms with Crippen molar-refractivity contribution in [3.05, 3.63) is 29.3 Å². The molecule has 0 bridgehead atoms. The molecule has 0 heterocycles. The number of ether oxygens (including phenoxy) is 1. The van der Waals surface area contributed by atoms with Crippen molar-refractivity contribution in [2.45, 2.75) is 26.4 Å². The van der Waals surface area contributed by atoms with Gasteiger partial charge in [0.1, 0.15) is 18.5 Å². The van der Waals surface area contributed by atoms with Gasteiger partial charge in [0.25, 0.3) is 0 Å². The fourth-order valence-corrected chi connectivity index (χ4v) is 1.44. The van der Waals surface area contributed by atoms with E-state index in [0.29, 0.717) is 0 Å². The van der Waals surface area contributed by atoms with Crippen LogP contribution in [-0.2, 0) is 6.42 Å². The second-order valence-corrected chi connectivity index (χ2v) is 3.94. The number of benzene rings is 1. The van der Waals surface area contributed by atoms with Gasteiger partial charge in [-0.2, -0.15) is 0 Å². The molecule has 0 saturated carbocycles. The average Bonchev–Trinajstić information content (AvgIpc) is 2.25. The summed E-state index contributed by atoms with van der Waals surface area (Å²) in [5.74, 6) is 1.00. The summed E-state index contributed by atoms with van der Waals surface area (Å²) in [5, 5.41) is 9.26. The predicted octanol–water partition coefficient (Wildman–Crippen LogP) is 2.54. The molecule has 1 atom stereocenters. The first kappa shape index (κ1) is 12.3. The largest absolute Gasteiger partial charge is 0.491 e. The predicted molar refractivity (Wildman–Crippen MR) is 62.8 cm³/mol. The van der Waals surface area contributed by atoms with E-state index >= 15 is 0 Å². The lowest BCUT2D eigenvalue weighted by atomic mass is 10.1. The van der Waals surface area contributed by atoms with Gasteiger partial charge in [0.2, 0.25) is 0 Å². The summed E-state index contributed by atoms with van der Waals surface area (Å²) >= 11 is 5.48. The van der Waals surface area contributed by atoms with E-state index in [1.54, 1.807) is 0 Å². The van der Waals surface area contributed by atoms with E-state index in [2.05, 4.69) is 13.0 Å². The van der Waals surface area contributed by atoms with Crippen LogP contribution in [0.3, 0.4) is 0 Å². The normalized spacial score (nSPS) is 12.5. The number of hydrogen-bond donors (Lipinski definition) is 1. The summed E-state index contributed by atoms with van der Waals surface area (Å²) in [6.07, 6.45) is 0.382. The molecule has 0 radical (unpaired) electrons. The van der Waals surface area contributed by atoms with Gasteiger partial charge in [-0.1, -0.05) is 13.0 Å². The van der Waals surface area contributed by atoms with Crippen molar-refractivity contribution in [3.8, 4) is 5.75 Å². The van der Waals surface area contributed by atoms with Crippen LogP contribution in [0.2, 0.25) is 0 Å². The highest BCUT2D eigenvalue weighted by molar-refractivity contribution is 6.18. The molecule has 0 amide bonds. The molecule has 3 heteroatoms. The van der Waals surface area contributed by atoms with E-state index in [1.165, 1.54) is 11.1 Å². The van der Waals surface area contributed by atoms with E-state index in [-0.39, 0.29) is 12.5 Å². The Balaban J connectivity index is 2.64. The summed E-state index contributed by atoms with van der Waals surface area (Å²) in [7, 11) is 0. The van der Waals surface area contributed by atoms with E-state index in [0.717, 1.165) is 12.2 Å². The molecule has 15 heavy (non-hydrogen) atoms. The molecule has 2 nitrogen and oxygen atoms in total. The summed E-state index contributed by atoms with van der Waals surface area (Å²) in [6, 6.07) is 6.08. The smallest absolute Gasteiger partial charge is 0.119 e. The quantitative estimate of drug-likeness (QED) is 0.785. The lowest BCUT2D eigenvalue weighted by Gasteiger charge is -2.11. The molecule has 0 aromatic heterocycles. The van der Waals surface area contributed by atoms with Crippen LogP contribution in [-0.4, -0.2) is 23.7 Å². The summed E-state index contributed by atoms with van der Waals surface area (Å²) in [6.45, 7) is 4.38. The van der Waals surface area contributed by atoms with Gasteiger partial charge in [0.15, 0.2) is 0 Å². The highest BCUT2D eigenvalue weighted by Crippen LogP contribution is 2.17. The van der Waals surface area contributed by atoms with Gasteiger partial charge in [0.05, 0.1) is 5.88 Å². The third-order valence-corrected chi connectivity index (χ3v) is 2.50. The molecule has 1 N–H and O–H groups in total. The summed E-state index contributed by atoms with van der Waals surface area (Å²) < 4.78 is 5.45. The fourth-order valence-electron chi connectivity index (χ4n) is 1.35. The van der Waals surface area contributed by atoms with E-state index in [9.17, 15) is 5.11 Å². The van der Waals surface area contributed by atoms with Crippen LogP contribution < -0.4 is 4.74 Å². The Labute approximate surface area is 95.8 Å². The van der Waals surface area contributed by atoms with Crippen molar-refractivity contribution < 1.29 is 9.84 Å². The molecule has 1 unspecified atom stereocenters. The Bertz CT molecular complexity index is 312. The third kappa shape index (κ3) is 4.10. The van der Waals surface area contributed by atoms with Gasteiger partial charge in [-0.05, 0) is 36.6 Å². The van der Waals surface area contributed by atoms with Crippen LogP contribution in [0.15, 0.2) is 18.2 Å². The van der Waals surface area contributed by atoms with Crippen LogP contribution >= 0.6 is 11.6 Å². The van der Waals surface area contributed by atoms with Crippen molar-refractivity contribution >= 4 is 11.6 Å². The maximum atomic E-state index is 9.26. The highest BCUT2D eigenvalue weighted by atomic mass is 35.5.